The Morgan fingerprint density at radius 3 is 2.62 bits per heavy atom. The molecule has 7 heteroatoms. The molecular weight excluding hydrogens is 336 g/mol. The van der Waals surface area contributed by atoms with Crippen LogP contribution in [0.2, 0.25) is 0 Å². The number of carbonyl (C=O) groups is 3. The number of nitrogens with one attached hydrogen (secondary N) is 1. The number of phenols is 1. The zero-order chi connectivity index (χ0) is 18.7. The number of esters is 1. The van der Waals surface area contributed by atoms with Gasteiger partial charge in [-0.3, -0.25) is 9.59 Å². The third kappa shape index (κ3) is 3.51. The Hall–Kier alpha value is -3.35. The third-order valence-electron chi connectivity index (χ3n) is 3.97. The topological polar surface area (TPSA) is 95.9 Å². The molecule has 0 saturated carbocycles. The van der Waals surface area contributed by atoms with Gasteiger partial charge in [-0.05, 0) is 43.3 Å². The maximum absolute atomic E-state index is 12.6. The van der Waals surface area contributed by atoms with Crippen LogP contribution in [0.15, 0.2) is 48.5 Å². The van der Waals surface area contributed by atoms with E-state index in [0.29, 0.717) is 16.9 Å². The van der Waals surface area contributed by atoms with Crippen molar-refractivity contribution < 1.29 is 24.2 Å². The molecule has 3 rings (SSSR count). The molecule has 2 amide bonds. The minimum absolute atomic E-state index is 0.00805. The molecule has 1 aliphatic heterocycles. The number of aromatic hydroxyl groups is 1. The lowest BCUT2D eigenvalue weighted by Crippen LogP contribution is -2.34. The molecule has 0 bridgehead atoms. The number of hydrogen-bond donors (Lipinski definition) is 2. The number of phenolic OH excluding ortho intramolecular Hbond substituents is 1. The van der Waals surface area contributed by atoms with Crippen molar-refractivity contribution in [1.82, 2.24) is 0 Å². The van der Waals surface area contributed by atoms with Crippen LogP contribution in [0.3, 0.4) is 0 Å². The van der Waals surface area contributed by atoms with E-state index in [0.717, 1.165) is 4.90 Å². The van der Waals surface area contributed by atoms with Crippen LogP contribution in [0.1, 0.15) is 23.7 Å². The molecule has 0 aliphatic carbocycles. The number of nitrogens with zero attached hydrogens (tertiary/aromatic N) is 1. The number of rotatable bonds is 5. The lowest BCUT2D eigenvalue weighted by molar-refractivity contribution is -0.121. The summed E-state index contributed by atoms with van der Waals surface area (Å²) in [6.45, 7) is 1.99. The van der Waals surface area contributed by atoms with Gasteiger partial charge in [-0.1, -0.05) is 6.07 Å². The maximum Gasteiger partial charge on any atom is 0.338 e. The summed E-state index contributed by atoms with van der Waals surface area (Å²) in [4.78, 5) is 37.7. The van der Waals surface area contributed by atoms with Gasteiger partial charge in [-0.2, -0.15) is 0 Å². The predicted octanol–water partition coefficient (Wildman–Crippen LogP) is 2.31. The highest BCUT2D eigenvalue weighted by Gasteiger charge is 2.39. The average molecular weight is 354 g/mol. The lowest BCUT2D eigenvalue weighted by Gasteiger charge is -2.16. The number of anilines is 2. The van der Waals surface area contributed by atoms with Crippen molar-refractivity contribution in [3.63, 3.8) is 0 Å². The molecule has 0 radical (unpaired) electrons. The smallest absolute Gasteiger partial charge is 0.338 e. The number of ether oxygens (including phenoxy) is 1. The number of carbonyl (C=O) groups excluding carboxylic acids is 3. The van der Waals surface area contributed by atoms with E-state index in [4.69, 9.17) is 4.74 Å². The minimum Gasteiger partial charge on any atom is -0.508 e. The van der Waals surface area contributed by atoms with Crippen LogP contribution in [-0.4, -0.2) is 35.5 Å². The number of amides is 2. The Kier molecular flexibility index (Phi) is 4.88. The largest absolute Gasteiger partial charge is 0.508 e. The van der Waals surface area contributed by atoms with E-state index in [-0.39, 0.29) is 30.6 Å². The summed E-state index contributed by atoms with van der Waals surface area (Å²) < 4.78 is 4.91. The minimum atomic E-state index is -0.714. The fourth-order valence-electron chi connectivity index (χ4n) is 2.77. The van der Waals surface area contributed by atoms with Crippen molar-refractivity contribution in [3.8, 4) is 5.75 Å². The van der Waals surface area contributed by atoms with Gasteiger partial charge in [0.15, 0.2) is 0 Å². The fourth-order valence-corrected chi connectivity index (χ4v) is 2.77. The normalized spacial score (nSPS) is 16.7. The van der Waals surface area contributed by atoms with Gasteiger partial charge in [0.1, 0.15) is 11.8 Å². The summed E-state index contributed by atoms with van der Waals surface area (Å²) >= 11 is 0. The van der Waals surface area contributed by atoms with E-state index in [1.807, 2.05) is 0 Å². The highest BCUT2D eigenvalue weighted by molar-refractivity contribution is 6.23. The van der Waals surface area contributed by atoms with E-state index in [2.05, 4.69) is 5.32 Å². The second-order valence-electron chi connectivity index (χ2n) is 5.79. The molecular formula is C19H18N2O5. The zero-order valence-electron chi connectivity index (χ0n) is 14.1. The van der Waals surface area contributed by atoms with Gasteiger partial charge < -0.3 is 15.2 Å². The molecule has 7 nitrogen and oxygen atoms in total. The van der Waals surface area contributed by atoms with Crippen LogP contribution in [0.25, 0.3) is 0 Å². The highest BCUT2D eigenvalue weighted by Crippen LogP contribution is 2.26. The van der Waals surface area contributed by atoms with Crippen LogP contribution < -0.4 is 10.2 Å². The van der Waals surface area contributed by atoms with Gasteiger partial charge in [-0.15, -0.1) is 0 Å². The van der Waals surface area contributed by atoms with Gasteiger partial charge in [0, 0.05) is 11.8 Å². The summed E-state index contributed by atoms with van der Waals surface area (Å²) in [5, 5.41) is 12.5. The first-order valence-electron chi connectivity index (χ1n) is 8.19. The van der Waals surface area contributed by atoms with Gasteiger partial charge in [0.25, 0.3) is 5.91 Å². The average Bonchev–Trinajstić information content (AvgIpc) is 2.89. The molecule has 0 spiro atoms. The van der Waals surface area contributed by atoms with Gasteiger partial charge in [-0.25, -0.2) is 9.69 Å². The molecule has 134 valence electrons. The summed E-state index contributed by atoms with van der Waals surface area (Å²) in [6.07, 6.45) is 0.00805. The van der Waals surface area contributed by atoms with Crippen molar-refractivity contribution in [1.29, 1.82) is 0 Å². The number of imide groups is 1. The monoisotopic (exact) mass is 354 g/mol. The quantitative estimate of drug-likeness (QED) is 0.632. The zero-order valence-corrected chi connectivity index (χ0v) is 14.1. The van der Waals surface area contributed by atoms with Crippen molar-refractivity contribution in [2.75, 3.05) is 16.8 Å². The molecule has 2 N–H and O–H groups in total. The fraction of sp³-hybridized carbons (Fsp3) is 0.211. The molecule has 2 aromatic rings. The molecule has 1 heterocycles. The highest BCUT2D eigenvalue weighted by atomic mass is 16.5. The Balaban J connectivity index is 1.75. The van der Waals surface area contributed by atoms with Crippen molar-refractivity contribution in [3.05, 3.63) is 54.1 Å². The van der Waals surface area contributed by atoms with E-state index in [1.54, 1.807) is 31.2 Å². The molecule has 1 aliphatic rings. The summed E-state index contributed by atoms with van der Waals surface area (Å²) in [7, 11) is 0. The van der Waals surface area contributed by atoms with Crippen molar-refractivity contribution >= 4 is 29.2 Å². The maximum atomic E-state index is 12.6. The first-order chi connectivity index (χ1) is 12.5. The predicted molar refractivity (Wildman–Crippen MR) is 95.0 cm³/mol. The third-order valence-corrected chi connectivity index (χ3v) is 3.97. The van der Waals surface area contributed by atoms with Crippen LogP contribution in [-0.2, 0) is 14.3 Å². The van der Waals surface area contributed by atoms with Crippen molar-refractivity contribution in [2.45, 2.75) is 19.4 Å². The molecule has 1 fully saturated rings. The summed E-state index contributed by atoms with van der Waals surface area (Å²) in [6, 6.07) is 11.7. The van der Waals surface area contributed by atoms with Crippen LogP contribution in [0.4, 0.5) is 11.4 Å². The van der Waals surface area contributed by atoms with E-state index in [9.17, 15) is 19.5 Å². The first-order valence-corrected chi connectivity index (χ1v) is 8.19. The Labute approximate surface area is 150 Å². The van der Waals surface area contributed by atoms with E-state index < -0.39 is 12.0 Å². The van der Waals surface area contributed by atoms with Gasteiger partial charge >= 0.3 is 5.97 Å². The van der Waals surface area contributed by atoms with Crippen LogP contribution in [0, 0.1) is 0 Å². The molecule has 0 aromatic heterocycles. The summed E-state index contributed by atoms with van der Waals surface area (Å²) in [5.74, 6) is -1.11. The SMILES string of the molecule is CCOC(=O)c1ccc(N2C(=O)CC(Nc3cccc(O)c3)C2=O)cc1. The second kappa shape index (κ2) is 7.26. The number of hydrogen-bond acceptors (Lipinski definition) is 6. The molecule has 26 heavy (non-hydrogen) atoms. The number of benzene rings is 2. The summed E-state index contributed by atoms with van der Waals surface area (Å²) in [5.41, 5.74) is 1.30. The van der Waals surface area contributed by atoms with Gasteiger partial charge in [0.05, 0.1) is 24.3 Å². The van der Waals surface area contributed by atoms with E-state index in [1.165, 1.54) is 24.3 Å². The van der Waals surface area contributed by atoms with Crippen molar-refractivity contribution in [2.24, 2.45) is 0 Å². The molecule has 1 unspecified atom stereocenters. The lowest BCUT2D eigenvalue weighted by atomic mass is 10.2. The van der Waals surface area contributed by atoms with Crippen LogP contribution in [0.5, 0.6) is 5.75 Å². The Morgan fingerprint density at radius 1 is 1.23 bits per heavy atom. The standard InChI is InChI=1S/C19H18N2O5/c1-2-26-19(25)12-6-8-14(9-7-12)21-17(23)11-16(18(21)24)20-13-4-3-5-15(22)10-13/h3-10,16,20,22H,2,11H2,1H3. The Bertz CT molecular complexity index is 847. The molecule has 2 aromatic carbocycles. The van der Waals surface area contributed by atoms with Gasteiger partial charge in [0.2, 0.25) is 5.91 Å². The Morgan fingerprint density at radius 2 is 1.96 bits per heavy atom. The van der Waals surface area contributed by atoms with E-state index >= 15 is 0 Å². The second-order valence-corrected chi connectivity index (χ2v) is 5.79. The van der Waals surface area contributed by atoms with Crippen LogP contribution >= 0.6 is 0 Å². The molecule has 1 atom stereocenters. The molecule has 1 saturated heterocycles. The first kappa shape index (κ1) is 17.5.